The molecular formula is C8H11N2O+. The lowest BCUT2D eigenvalue weighted by Crippen LogP contribution is -2.03. The first-order chi connectivity index (χ1) is 5.33. The van der Waals surface area contributed by atoms with Crippen molar-refractivity contribution in [2.45, 2.75) is 19.3 Å². The van der Waals surface area contributed by atoms with E-state index < -0.39 is 0 Å². The van der Waals surface area contributed by atoms with Crippen LogP contribution in [-0.2, 0) is 0 Å². The molecule has 11 heavy (non-hydrogen) atoms. The summed E-state index contributed by atoms with van der Waals surface area (Å²) in [7, 11) is 0. The molecule has 0 amide bonds. The average Bonchev–Trinajstić information content (AvgIpc) is 2.46. The first-order valence-electron chi connectivity index (χ1n) is 3.84. The molecule has 2 rings (SSSR count). The fourth-order valence-electron chi connectivity index (χ4n) is 1.69. The van der Waals surface area contributed by atoms with Crippen LogP contribution in [0, 0.1) is 0 Å². The van der Waals surface area contributed by atoms with Crippen LogP contribution in [0.5, 0.6) is 0 Å². The summed E-state index contributed by atoms with van der Waals surface area (Å²) in [6.45, 7) is 3.76. The van der Waals surface area contributed by atoms with Gasteiger partial charge in [-0.15, -0.1) is 0 Å². The zero-order chi connectivity index (χ0) is 7.84. The molecule has 1 fully saturated rings. The molecule has 0 atom stereocenters. The minimum Gasteiger partial charge on any atom is -0.385 e. The summed E-state index contributed by atoms with van der Waals surface area (Å²) in [6, 6.07) is 0. The first-order valence-corrected chi connectivity index (χ1v) is 3.84. The van der Waals surface area contributed by atoms with Gasteiger partial charge in [0.15, 0.2) is 6.72 Å². The molecule has 1 aliphatic heterocycles. The highest BCUT2D eigenvalue weighted by atomic mass is 16.3. The van der Waals surface area contributed by atoms with Gasteiger partial charge in [0.1, 0.15) is 12.3 Å². The predicted octanol–water partition coefficient (Wildman–Crippen LogP) is 0.499. The molecule has 3 heteroatoms. The van der Waals surface area contributed by atoms with Crippen molar-refractivity contribution in [3.8, 4) is 0 Å². The second-order valence-corrected chi connectivity index (χ2v) is 2.88. The van der Waals surface area contributed by atoms with Crippen molar-refractivity contribution in [3.63, 3.8) is 0 Å². The molecule has 0 unspecified atom stereocenters. The van der Waals surface area contributed by atoms with Gasteiger partial charge < -0.3 is 5.11 Å². The molecule has 0 aromatic rings. The van der Waals surface area contributed by atoms with Gasteiger partial charge in [0.25, 0.3) is 0 Å². The third-order valence-corrected chi connectivity index (χ3v) is 2.24. The van der Waals surface area contributed by atoms with E-state index in [2.05, 4.69) is 11.8 Å². The van der Waals surface area contributed by atoms with Gasteiger partial charge in [-0.25, -0.2) is 0 Å². The van der Waals surface area contributed by atoms with Gasteiger partial charge in [0.2, 0.25) is 5.70 Å². The quantitative estimate of drug-likeness (QED) is 0.544. The Bertz CT molecular complexity index is 276. The number of fused-ring (bicyclic) bond motifs is 1. The zero-order valence-corrected chi connectivity index (χ0v) is 6.38. The van der Waals surface area contributed by atoms with Crippen LogP contribution in [0.15, 0.2) is 16.4 Å². The molecule has 0 bridgehead atoms. The van der Waals surface area contributed by atoms with E-state index in [1.54, 1.807) is 4.68 Å². The Balaban J connectivity index is 2.43. The van der Waals surface area contributed by atoms with Crippen molar-refractivity contribution < 1.29 is 9.79 Å². The number of aliphatic hydroxyl groups is 1. The summed E-state index contributed by atoms with van der Waals surface area (Å²) in [4.78, 5) is 0. The van der Waals surface area contributed by atoms with Crippen molar-refractivity contribution in [2.24, 2.45) is 5.10 Å². The molecule has 0 aromatic carbocycles. The van der Waals surface area contributed by atoms with Gasteiger partial charge in [-0.05, 0) is 19.3 Å². The standard InChI is InChI=1S/C8H11N2O/c1-10-8(5-11)6-3-2-4-7(6)9-10/h11H,1-5H2/q+1. The molecule has 0 radical (unpaired) electrons. The van der Waals surface area contributed by atoms with Crippen LogP contribution in [0.25, 0.3) is 0 Å². The van der Waals surface area contributed by atoms with Crippen molar-refractivity contribution >= 4 is 12.4 Å². The van der Waals surface area contributed by atoms with Crippen LogP contribution in [0.3, 0.4) is 0 Å². The van der Waals surface area contributed by atoms with E-state index in [0.717, 1.165) is 24.3 Å². The summed E-state index contributed by atoms with van der Waals surface area (Å²) >= 11 is 0. The van der Waals surface area contributed by atoms with Gasteiger partial charge in [-0.2, -0.15) is 0 Å². The Morgan fingerprint density at radius 2 is 2.36 bits per heavy atom. The van der Waals surface area contributed by atoms with Crippen molar-refractivity contribution in [1.29, 1.82) is 0 Å². The number of allylic oxidation sites excluding steroid dienone is 1. The normalized spacial score (nSPS) is 22.6. The third-order valence-electron chi connectivity index (χ3n) is 2.24. The van der Waals surface area contributed by atoms with E-state index in [-0.39, 0.29) is 6.61 Å². The second-order valence-electron chi connectivity index (χ2n) is 2.88. The second kappa shape index (κ2) is 2.27. The Labute approximate surface area is 65.4 Å². The zero-order valence-electron chi connectivity index (χ0n) is 6.38. The van der Waals surface area contributed by atoms with Gasteiger partial charge in [0, 0.05) is 5.10 Å². The van der Waals surface area contributed by atoms with Crippen molar-refractivity contribution in [1.82, 2.24) is 0 Å². The molecule has 0 saturated heterocycles. The summed E-state index contributed by atoms with van der Waals surface area (Å²) in [6.07, 6.45) is 3.27. The lowest BCUT2D eigenvalue weighted by atomic mass is 10.2. The lowest BCUT2D eigenvalue weighted by Gasteiger charge is -1.90. The summed E-state index contributed by atoms with van der Waals surface area (Å²) in [5.41, 5.74) is 3.24. The molecule has 1 aliphatic carbocycles. The minimum atomic E-state index is 0.0613. The molecule has 0 aromatic heterocycles. The Morgan fingerprint density at radius 1 is 1.55 bits per heavy atom. The number of hydrogen-bond donors (Lipinski definition) is 1. The Hall–Kier alpha value is -0.960. The maximum Gasteiger partial charge on any atom is 0.244 e. The van der Waals surface area contributed by atoms with E-state index in [1.807, 2.05) is 0 Å². The van der Waals surface area contributed by atoms with Crippen LogP contribution in [0.4, 0.5) is 0 Å². The maximum absolute atomic E-state index is 8.97. The smallest absolute Gasteiger partial charge is 0.244 e. The van der Waals surface area contributed by atoms with Crippen molar-refractivity contribution in [3.05, 3.63) is 11.3 Å². The third kappa shape index (κ3) is 0.844. The van der Waals surface area contributed by atoms with E-state index in [1.165, 1.54) is 12.0 Å². The Morgan fingerprint density at radius 3 is 3.09 bits per heavy atom. The topological polar surface area (TPSA) is 35.6 Å². The first kappa shape index (κ1) is 6.73. The molecule has 1 heterocycles. The highest BCUT2D eigenvalue weighted by Gasteiger charge is 2.32. The number of hydrazone groups is 1. The van der Waals surface area contributed by atoms with Gasteiger partial charge in [0.05, 0.1) is 5.57 Å². The van der Waals surface area contributed by atoms with Crippen LogP contribution in [-0.4, -0.2) is 28.8 Å². The van der Waals surface area contributed by atoms with Gasteiger partial charge >= 0.3 is 0 Å². The number of nitrogens with zero attached hydrogens (tertiary/aromatic N) is 2. The Kier molecular flexibility index (Phi) is 1.39. The predicted molar refractivity (Wildman–Crippen MR) is 42.8 cm³/mol. The van der Waals surface area contributed by atoms with E-state index in [0.29, 0.717) is 0 Å². The van der Waals surface area contributed by atoms with Gasteiger partial charge in [-0.1, -0.05) is 4.68 Å². The molecule has 3 nitrogen and oxygen atoms in total. The SMILES string of the molecule is C=[N+]1N=C2CCCC2=C1CO. The molecule has 0 spiro atoms. The fraction of sp³-hybridized carbons (Fsp3) is 0.500. The summed E-state index contributed by atoms with van der Waals surface area (Å²) < 4.78 is 1.55. The number of rotatable bonds is 1. The maximum atomic E-state index is 8.97. The van der Waals surface area contributed by atoms with Crippen LogP contribution < -0.4 is 0 Å². The van der Waals surface area contributed by atoms with Crippen LogP contribution in [0.2, 0.25) is 0 Å². The number of aliphatic hydroxyl groups excluding tert-OH is 1. The highest BCUT2D eigenvalue weighted by molar-refractivity contribution is 6.03. The molecule has 2 aliphatic rings. The van der Waals surface area contributed by atoms with Crippen LogP contribution >= 0.6 is 0 Å². The minimum absolute atomic E-state index is 0.0613. The average molecular weight is 151 g/mol. The summed E-state index contributed by atoms with van der Waals surface area (Å²) in [5.74, 6) is 0. The van der Waals surface area contributed by atoms with E-state index >= 15 is 0 Å². The molecular weight excluding hydrogens is 140 g/mol. The van der Waals surface area contributed by atoms with E-state index in [4.69, 9.17) is 5.11 Å². The van der Waals surface area contributed by atoms with Crippen LogP contribution in [0.1, 0.15) is 19.3 Å². The number of hydrogen-bond acceptors (Lipinski definition) is 2. The van der Waals surface area contributed by atoms with Gasteiger partial charge in [-0.3, -0.25) is 0 Å². The van der Waals surface area contributed by atoms with E-state index in [9.17, 15) is 0 Å². The fourth-order valence-corrected chi connectivity index (χ4v) is 1.69. The molecule has 1 saturated carbocycles. The summed E-state index contributed by atoms with van der Waals surface area (Å²) in [5, 5.41) is 13.2. The lowest BCUT2D eigenvalue weighted by molar-refractivity contribution is -0.473. The molecule has 1 N–H and O–H groups in total. The van der Waals surface area contributed by atoms with Crippen molar-refractivity contribution in [2.75, 3.05) is 6.61 Å². The largest absolute Gasteiger partial charge is 0.385 e. The highest BCUT2D eigenvalue weighted by Crippen LogP contribution is 2.29. The molecule has 58 valence electrons. The monoisotopic (exact) mass is 151 g/mol.